The molecule has 1 aromatic rings. The predicted octanol–water partition coefficient (Wildman–Crippen LogP) is -2.47. The number of rotatable bonds is 8. The van der Waals surface area contributed by atoms with E-state index in [0.29, 0.717) is 37.8 Å². The lowest BCUT2D eigenvalue weighted by atomic mass is 9.78. The molecule has 0 radical (unpaired) electrons. The molecule has 10 atom stereocenters. The third-order valence-electron chi connectivity index (χ3n) is 9.03. The van der Waals surface area contributed by atoms with Crippen LogP contribution in [-0.4, -0.2) is 125 Å². The summed E-state index contributed by atoms with van der Waals surface area (Å²) in [6.45, 7) is 5.51. The van der Waals surface area contributed by atoms with E-state index in [-0.39, 0.29) is 58.8 Å². The van der Waals surface area contributed by atoms with Crippen LogP contribution < -0.4 is 16.4 Å². The average molecular weight is 575 g/mol. The van der Waals surface area contributed by atoms with Crippen molar-refractivity contribution in [3.05, 3.63) is 6.33 Å². The molecule has 216 valence electrons. The number of likely N-dealkylation sites (tertiary alicyclic amines) is 1. The van der Waals surface area contributed by atoms with E-state index < -0.39 is 24.0 Å². The van der Waals surface area contributed by atoms with Crippen molar-refractivity contribution in [2.24, 2.45) is 28.5 Å². The number of hydrogen-bond donors (Lipinski definition) is 4. The van der Waals surface area contributed by atoms with Gasteiger partial charge in [0.2, 0.25) is 17.7 Å². The molecular weight excluding hydrogens is 540 g/mol. The highest BCUT2D eigenvalue weighted by molar-refractivity contribution is 8.00. The van der Waals surface area contributed by atoms with Gasteiger partial charge in [0.25, 0.3) is 0 Å². The van der Waals surface area contributed by atoms with Crippen LogP contribution in [0.4, 0.5) is 0 Å². The molecule has 5 aliphatic heterocycles. The highest BCUT2D eigenvalue weighted by Gasteiger charge is 2.65. The summed E-state index contributed by atoms with van der Waals surface area (Å²) in [7, 11) is 0. The first-order chi connectivity index (χ1) is 19.1. The zero-order valence-electron chi connectivity index (χ0n) is 22.3. The first-order valence-electron chi connectivity index (χ1n) is 13.7. The molecule has 16 heteroatoms. The van der Waals surface area contributed by atoms with Gasteiger partial charge in [0.1, 0.15) is 18.9 Å². The van der Waals surface area contributed by atoms with Gasteiger partial charge >= 0.3 is 5.97 Å². The Bertz CT molecular complexity index is 1230. The van der Waals surface area contributed by atoms with Gasteiger partial charge in [-0.1, -0.05) is 6.92 Å². The molecule has 5 N–H and O–H groups in total. The van der Waals surface area contributed by atoms with Crippen molar-refractivity contribution in [2.45, 2.75) is 73.9 Å². The number of nitrogens with one attached hydrogen (secondary N) is 2. The Morgan fingerprint density at radius 1 is 1.32 bits per heavy atom. The topological polar surface area (TPSA) is 201 Å². The number of nitrogens with zero attached hydrogens (tertiary/aromatic N) is 7. The second kappa shape index (κ2) is 10.3. The number of carboxylic acids is 1. The number of nitrogens with two attached hydrogens (primary N) is 1. The molecule has 0 saturated carbocycles. The molecule has 4 saturated heterocycles. The maximum Gasteiger partial charge on any atom is 0.327 e. The minimum Gasteiger partial charge on any atom is -0.480 e. The monoisotopic (exact) mass is 574 g/mol. The molecule has 3 amide bonds. The van der Waals surface area contributed by atoms with Crippen LogP contribution in [0.5, 0.6) is 0 Å². The van der Waals surface area contributed by atoms with Gasteiger partial charge in [0.15, 0.2) is 0 Å². The molecule has 1 aromatic heterocycles. The van der Waals surface area contributed by atoms with Crippen LogP contribution in [0.3, 0.4) is 0 Å². The lowest BCUT2D eigenvalue weighted by Gasteiger charge is -2.48. The van der Waals surface area contributed by atoms with Crippen molar-refractivity contribution in [1.82, 2.24) is 40.6 Å². The van der Waals surface area contributed by atoms with Gasteiger partial charge in [0, 0.05) is 54.6 Å². The van der Waals surface area contributed by atoms with E-state index >= 15 is 0 Å². The smallest absolute Gasteiger partial charge is 0.327 e. The average Bonchev–Trinajstić information content (AvgIpc) is 3.70. The number of amides is 3. The van der Waals surface area contributed by atoms with Crippen molar-refractivity contribution in [2.75, 3.05) is 19.6 Å². The van der Waals surface area contributed by atoms with Crippen molar-refractivity contribution >= 4 is 41.3 Å². The molecule has 5 aliphatic rings. The second-order valence-electron chi connectivity index (χ2n) is 11.6. The summed E-state index contributed by atoms with van der Waals surface area (Å²) in [4.78, 5) is 59.1. The highest BCUT2D eigenvalue weighted by atomic mass is 32.2. The van der Waals surface area contributed by atoms with E-state index in [9.17, 15) is 24.3 Å². The van der Waals surface area contributed by atoms with E-state index in [1.807, 2.05) is 11.8 Å². The summed E-state index contributed by atoms with van der Waals surface area (Å²) in [6.07, 6.45) is 2.66. The lowest BCUT2D eigenvalue weighted by Crippen LogP contribution is -2.68. The number of carboxylic acid groups (broad SMARTS) is 1. The SMILES string of the molecule is CC(NC(=O)Cn1cnnn1)[C@H]1C(=O)N2C(C(=O)O)[C@H](SC3CNC(C(=O)N4C[C@@H]5CC(N)=N[C@@H]5C4)C3)[C@@H](C)[C@H]12. The van der Waals surface area contributed by atoms with E-state index in [4.69, 9.17) is 5.73 Å². The molecule has 0 aromatic carbocycles. The van der Waals surface area contributed by atoms with E-state index in [1.54, 1.807) is 18.7 Å². The summed E-state index contributed by atoms with van der Waals surface area (Å²) >= 11 is 1.56. The summed E-state index contributed by atoms with van der Waals surface area (Å²) in [5.74, 6) is -1.21. The fourth-order valence-electron chi connectivity index (χ4n) is 7.21. The molecule has 0 bridgehead atoms. The van der Waals surface area contributed by atoms with Gasteiger partial charge in [-0.2, -0.15) is 11.8 Å². The van der Waals surface area contributed by atoms with Crippen molar-refractivity contribution in [3.8, 4) is 0 Å². The summed E-state index contributed by atoms with van der Waals surface area (Å²) in [5, 5.41) is 26.7. The fraction of sp³-hybridized carbons (Fsp3) is 0.750. The predicted molar refractivity (Wildman–Crippen MR) is 142 cm³/mol. The van der Waals surface area contributed by atoms with Crippen LogP contribution in [0, 0.1) is 17.8 Å². The maximum atomic E-state index is 13.2. The Morgan fingerprint density at radius 2 is 2.12 bits per heavy atom. The normalized spacial score (nSPS) is 37.1. The highest BCUT2D eigenvalue weighted by Crippen LogP contribution is 2.50. The van der Waals surface area contributed by atoms with Gasteiger partial charge in [-0.15, -0.1) is 5.10 Å². The third-order valence-corrected chi connectivity index (χ3v) is 10.8. The Labute approximate surface area is 234 Å². The largest absolute Gasteiger partial charge is 0.480 e. The summed E-state index contributed by atoms with van der Waals surface area (Å²) in [5.41, 5.74) is 5.85. The van der Waals surface area contributed by atoms with Gasteiger partial charge in [-0.3, -0.25) is 19.4 Å². The number of fused-ring (bicyclic) bond motifs is 2. The Kier molecular flexibility index (Phi) is 6.92. The number of aromatic nitrogens is 4. The lowest BCUT2D eigenvalue weighted by molar-refractivity contribution is -0.166. The van der Waals surface area contributed by atoms with Crippen LogP contribution in [0.15, 0.2) is 11.3 Å². The number of aliphatic imine (C=N–C) groups is 1. The minimum absolute atomic E-state index is 0.0414. The van der Waals surface area contributed by atoms with Crippen LogP contribution >= 0.6 is 11.8 Å². The van der Waals surface area contributed by atoms with Crippen molar-refractivity contribution < 1.29 is 24.3 Å². The molecule has 15 nitrogen and oxygen atoms in total. The van der Waals surface area contributed by atoms with Gasteiger partial charge in [-0.25, -0.2) is 9.48 Å². The number of tetrazole rings is 1. The van der Waals surface area contributed by atoms with Gasteiger partial charge < -0.3 is 31.3 Å². The Balaban J connectivity index is 1.07. The molecular formula is C24H34N10O5S. The van der Waals surface area contributed by atoms with Gasteiger partial charge in [-0.05, 0) is 29.7 Å². The number of thioether (sulfide) groups is 1. The summed E-state index contributed by atoms with van der Waals surface area (Å²) < 4.78 is 1.29. The summed E-state index contributed by atoms with van der Waals surface area (Å²) in [6, 6.07) is -1.95. The van der Waals surface area contributed by atoms with E-state index in [1.165, 1.54) is 15.9 Å². The van der Waals surface area contributed by atoms with Crippen LogP contribution in [0.25, 0.3) is 0 Å². The van der Waals surface area contributed by atoms with E-state index in [0.717, 1.165) is 6.42 Å². The minimum atomic E-state index is -1.03. The first kappa shape index (κ1) is 26.9. The van der Waals surface area contributed by atoms with E-state index in [2.05, 4.69) is 31.2 Å². The standard InChI is InChI=1S/C24H34N10O5S/c1-10-19-18(11(2)28-17(35)8-33-9-27-30-31-33)23(37)34(19)20(24(38)39)21(10)40-13-4-14(26-5-13)22(36)32-6-12-3-16(25)29-15(12)7-32/h9-15,18-21,26H,3-8H2,1-2H3,(H2,25,29)(H,28,35)(H,38,39)/t10-,11?,12-,13?,14?,15+,18+,19+,20?,21+/m0/s1. The molecule has 6 heterocycles. The third kappa shape index (κ3) is 4.60. The first-order valence-corrected chi connectivity index (χ1v) is 14.6. The molecule has 4 unspecified atom stereocenters. The number of hydrogen-bond acceptors (Lipinski definition) is 11. The van der Waals surface area contributed by atoms with Gasteiger partial charge in [0.05, 0.1) is 23.8 Å². The van der Waals surface area contributed by atoms with Crippen LogP contribution in [0.1, 0.15) is 26.7 Å². The Hall–Kier alpha value is -3.27. The van der Waals surface area contributed by atoms with Crippen LogP contribution in [-0.2, 0) is 25.7 Å². The molecule has 40 heavy (non-hydrogen) atoms. The fourth-order valence-corrected chi connectivity index (χ4v) is 8.95. The zero-order valence-corrected chi connectivity index (χ0v) is 23.1. The zero-order chi connectivity index (χ0) is 28.3. The molecule has 0 aliphatic carbocycles. The molecule has 4 fully saturated rings. The number of β-lactam (4-membered cyclic amide) rings is 1. The number of carbonyl (C=O) groups excluding carboxylic acids is 3. The van der Waals surface area contributed by atoms with Crippen molar-refractivity contribution in [3.63, 3.8) is 0 Å². The van der Waals surface area contributed by atoms with Crippen molar-refractivity contribution in [1.29, 1.82) is 0 Å². The number of amidine groups is 1. The molecule has 6 rings (SSSR count). The van der Waals surface area contributed by atoms with Crippen LogP contribution in [0.2, 0.25) is 0 Å². The quantitative estimate of drug-likeness (QED) is 0.240. The number of carbonyl (C=O) groups is 4. The number of aliphatic carboxylic acids is 1. The Morgan fingerprint density at radius 3 is 2.83 bits per heavy atom. The molecule has 0 spiro atoms. The maximum absolute atomic E-state index is 13.2. The second-order valence-corrected chi connectivity index (χ2v) is 13.1.